The largest absolute Gasteiger partial charge is 0.313 e. The minimum Gasteiger partial charge on any atom is -0.313 e. The second-order valence-electron chi connectivity index (χ2n) is 5.55. The summed E-state index contributed by atoms with van der Waals surface area (Å²) in [5, 5.41) is 3.51. The number of likely N-dealkylation sites (N-methyl/N-ethyl adjacent to an activating group) is 1. The highest BCUT2D eigenvalue weighted by molar-refractivity contribution is 7.99. The zero-order chi connectivity index (χ0) is 13.7. The first-order chi connectivity index (χ1) is 9.20. The van der Waals surface area contributed by atoms with E-state index in [0.717, 1.165) is 19.6 Å². The number of hydrogen-bond acceptors (Lipinski definition) is 3. The van der Waals surface area contributed by atoms with Gasteiger partial charge in [-0.1, -0.05) is 39.0 Å². The van der Waals surface area contributed by atoms with E-state index in [9.17, 15) is 0 Å². The van der Waals surface area contributed by atoms with Gasteiger partial charge in [-0.15, -0.1) is 11.8 Å². The predicted octanol–water partition coefficient (Wildman–Crippen LogP) is 3.20. The highest BCUT2D eigenvalue weighted by atomic mass is 32.2. The van der Waals surface area contributed by atoms with Crippen LogP contribution < -0.4 is 5.32 Å². The van der Waals surface area contributed by atoms with Crippen molar-refractivity contribution in [1.82, 2.24) is 10.2 Å². The highest BCUT2D eigenvalue weighted by Gasteiger charge is 2.24. The Labute approximate surface area is 122 Å². The van der Waals surface area contributed by atoms with E-state index in [1.807, 2.05) is 11.8 Å². The molecule has 2 rings (SSSR count). The normalized spacial score (nSPS) is 18.3. The van der Waals surface area contributed by atoms with Gasteiger partial charge in [0.25, 0.3) is 0 Å². The van der Waals surface area contributed by atoms with E-state index >= 15 is 0 Å². The first kappa shape index (κ1) is 14.9. The third-order valence-electron chi connectivity index (χ3n) is 3.71. The first-order valence-corrected chi connectivity index (χ1v) is 8.36. The van der Waals surface area contributed by atoms with Crippen LogP contribution in [0.5, 0.6) is 0 Å². The van der Waals surface area contributed by atoms with Crippen molar-refractivity contribution in [2.45, 2.75) is 37.6 Å². The van der Waals surface area contributed by atoms with Gasteiger partial charge in [-0.2, -0.15) is 0 Å². The van der Waals surface area contributed by atoms with E-state index in [4.69, 9.17) is 0 Å². The molecule has 0 bridgehead atoms. The molecule has 0 radical (unpaired) electrons. The van der Waals surface area contributed by atoms with E-state index in [2.05, 4.69) is 55.3 Å². The molecule has 0 aliphatic carbocycles. The van der Waals surface area contributed by atoms with Gasteiger partial charge in [-0.05, 0) is 18.2 Å². The molecule has 1 aromatic rings. The Morgan fingerprint density at radius 1 is 1.37 bits per heavy atom. The Morgan fingerprint density at radius 3 is 2.89 bits per heavy atom. The van der Waals surface area contributed by atoms with Crippen molar-refractivity contribution in [3.05, 3.63) is 29.8 Å². The summed E-state index contributed by atoms with van der Waals surface area (Å²) in [7, 11) is 0. The van der Waals surface area contributed by atoms with Crippen LogP contribution in [-0.4, -0.2) is 42.9 Å². The maximum atomic E-state index is 3.51. The van der Waals surface area contributed by atoms with Gasteiger partial charge < -0.3 is 10.2 Å². The van der Waals surface area contributed by atoms with Crippen LogP contribution in [0.15, 0.2) is 29.2 Å². The number of fused-ring (bicyclic) bond motifs is 1. The van der Waals surface area contributed by atoms with Crippen LogP contribution in [0.1, 0.15) is 32.3 Å². The van der Waals surface area contributed by atoms with Gasteiger partial charge >= 0.3 is 0 Å². The first-order valence-electron chi connectivity index (χ1n) is 7.38. The smallest absolute Gasteiger partial charge is 0.0108 e. The van der Waals surface area contributed by atoms with E-state index in [1.54, 1.807) is 5.56 Å². The third-order valence-corrected chi connectivity index (χ3v) is 4.96. The van der Waals surface area contributed by atoms with Crippen molar-refractivity contribution in [2.24, 2.45) is 0 Å². The molecule has 2 nitrogen and oxygen atoms in total. The van der Waals surface area contributed by atoms with Crippen LogP contribution in [0.4, 0.5) is 0 Å². The summed E-state index contributed by atoms with van der Waals surface area (Å²) in [6.07, 6.45) is 0. The Kier molecular flexibility index (Phi) is 5.74. The topological polar surface area (TPSA) is 15.3 Å². The molecular weight excluding hydrogens is 252 g/mol. The zero-order valence-electron chi connectivity index (χ0n) is 12.4. The van der Waals surface area contributed by atoms with E-state index in [1.165, 1.54) is 17.2 Å². The fourth-order valence-corrected chi connectivity index (χ4v) is 3.82. The SMILES string of the molecule is CCN(CCNC(C)C)CC1CSc2ccccc21. The van der Waals surface area contributed by atoms with Crippen molar-refractivity contribution in [3.8, 4) is 0 Å². The van der Waals surface area contributed by atoms with Crippen molar-refractivity contribution < 1.29 is 0 Å². The van der Waals surface area contributed by atoms with Gasteiger partial charge in [0.2, 0.25) is 0 Å². The molecule has 0 saturated carbocycles. The Hall–Kier alpha value is -0.510. The number of thioether (sulfide) groups is 1. The Bertz CT molecular complexity index is 392. The summed E-state index contributed by atoms with van der Waals surface area (Å²) in [4.78, 5) is 4.06. The van der Waals surface area contributed by atoms with Crippen molar-refractivity contribution in [1.29, 1.82) is 0 Å². The van der Waals surface area contributed by atoms with Crippen molar-refractivity contribution >= 4 is 11.8 Å². The standard InChI is InChI=1S/C16H26N2S/c1-4-18(10-9-17-13(2)3)11-14-12-19-16-8-6-5-7-15(14)16/h5-8,13-14,17H,4,9-12H2,1-3H3. The minimum absolute atomic E-state index is 0.585. The molecule has 0 fully saturated rings. The molecule has 1 aliphatic rings. The minimum atomic E-state index is 0.585. The average Bonchev–Trinajstić information content (AvgIpc) is 2.80. The summed E-state index contributed by atoms with van der Waals surface area (Å²) in [6, 6.07) is 9.48. The van der Waals surface area contributed by atoms with Gasteiger partial charge in [0.15, 0.2) is 0 Å². The predicted molar refractivity (Wildman–Crippen MR) is 85.2 cm³/mol. The summed E-state index contributed by atoms with van der Waals surface area (Å²) < 4.78 is 0. The Morgan fingerprint density at radius 2 is 2.16 bits per heavy atom. The molecule has 19 heavy (non-hydrogen) atoms. The van der Waals surface area contributed by atoms with Gasteiger partial charge in [-0.25, -0.2) is 0 Å². The van der Waals surface area contributed by atoms with E-state index in [0.29, 0.717) is 12.0 Å². The van der Waals surface area contributed by atoms with Gasteiger partial charge in [0.05, 0.1) is 0 Å². The molecule has 0 spiro atoms. The molecule has 1 N–H and O–H groups in total. The lowest BCUT2D eigenvalue weighted by atomic mass is 10.0. The maximum Gasteiger partial charge on any atom is 0.0108 e. The molecule has 3 heteroatoms. The number of nitrogens with one attached hydrogen (secondary N) is 1. The number of hydrogen-bond donors (Lipinski definition) is 1. The van der Waals surface area contributed by atoms with Crippen LogP contribution in [0.3, 0.4) is 0 Å². The van der Waals surface area contributed by atoms with Crippen LogP contribution in [0, 0.1) is 0 Å². The molecule has 0 saturated heterocycles. The lowest BCUT2D eigenvalue weighted by Crippen LogP contribution is -2.37. The number of nitrogens with zero attached hydrogens (tertiary/aromatic N) is 1. The van der Waals surface area contributed by atoms with Gasteiger partial charge in [0.1, 0.15) is 0 Å². The van der Waals surface area contributed by atoms with Crippen LogP contribution in [0.2, 0.25) is 0 Å². The van der Waals surface area contributed by atoms with Crippen LogP contribution in [-0.2, 0) is 0 Å². The summed E-state index contributed by atoms with van der Waals surface area (Å²) >= 11 is 2.01. The summed E-state index contributed by atoms with van der Waals surface area (Å²) in [6.45, 7) is 11.3. The highest BCUT2D eigenvalue weighted by Crippen LogP contribution is 2.39. The van der Waals surface area contributed by atoms with E-state index in [-0.39, 0.29) is 0 Å². The molecule has 1 aromatic carbocycles. The monoisotopic (exact) mass is 278 g/mol. The van der Waals surface area contributed by atoms with Gasteiger partial charge in [0, 0.05) is 42.2 Å². The number of rotatable bonds is 7. The molecule has 0 amide bonds. The summed E-state index contributed by atoms with van der Waals surface area (Å²) in [5.74, 6) is 1.95. The van der Waals surface area contributed by atoms with Crippen molar-refractivity contribution in [3.63, 3.8) is 0 Å². The lowest BCUT2D eigenvalue weighted by Gasteiger charge is -2.25. The molecule has 1 atom stereocenters. The molecule has 0 aromatic heterocycles. The second-order valence-corrected chi connectivity index (χ2v) is 6.61. The fraction of sp³-hybridized carbons (Fsp3) is 0.625. The molecule has 1 heterocycles. The second kappa shape index (κ2) is 7.32. The Balaban J connectivity index is 1.86. The van der Waals surface area contributed by atoms with Gasteiger partial charge in [-0.3, -0.25) is 0 Å². The lowest BCUT2D eigenvalue weighted by molar-refractivity contribution is 0.272. The maximum absolute atomic E-state index is 3.51. The molecule has 1 aliphatic heterocycles. The third kappa shape index (κ3) is 4.23. The van der Waals surface area contributed by atoms with Crippen molar-refractivity contribution in [2.75, 3.05) is 31.9 Å². The molecule has 1 unspecified atom stereocenters. The number of benzene rings is 1. The quantitative estimate of drug-likeness (QED) is 0.824. The molecular formula is C16H26N2S. The van der Waals surface area contributed by atoms with Crippen LogP contribution in [0.25, 0.3) is 0 Å². The molecule has 106 valence electrons. The fourth-order valence-electron chi connectivity index (χ4n) is 2.58. The zero-order valence-corrected chi connectivity index (χ0v) is 13.2. The average molecular weight is 278 g/mol. The van der Waals surface area contributed by atoms with Crippen LogP contribution >= 0.6 is 11.8 Å². The van der Waals surface area contributed by atoms with E-state index < -0.39 is 0 Å². The summed E-state index contributed by atoms with van der Waals surface area (Å²) in [5.41, 5.74) is 1.56.